The van der Waals surface area contributed by atoms with Crippen LogP contribution in [0.2, 0.25) is 0 Å². The van der Waals surface area contributed by atoms with E-state index < -0.39 is 45.6 Å². The molecule has 1 heterocycles. The summed E-state index contributed by atoms with van der Waals surface area (Å²) in [6, 6.07) is 21.7. The average molecular weight is 889 g/mol. The van der Waals surface area contributed by atoms with Crippen LogP contribution in [-0.2, 0) is 31.9 Å². The summed E-state index contributed by atoms with van der Waals surface area (Å²) in [5.74, 6) is 0.122. The second kappa shape index (κ2) is 18.0. The van der Waals surface area contributed by atoms with Gasteiger partial charge in [0.15, 0.2) is 0 Å². The summed E-state index contributed by atoms with van der Waals surface area (Å²) >= 11 is 0. The Morgan fingerprint density at radius 1 is 0.831 bits per heavy atom. The van der Waals surface area contributed by atoms with Gasteiger partial charge in [0.05, 0.1) is 22.7 Å². The maximum absolute atomic E-state index is 14.1. The zero-order chi connectivity index (χ0) is 45.7. The molecule has 7 heteroatoms. The van der Waals surface area contributed by atoms with E-state index in [1.807, 2.05) is 19.1 Å². The van der Waals surface area contributed by atoms with Crippen molar-refractivity contribution < 1.29 is 34.4 Å². The van der Waals surface area contributed by atoms with Crippen LogP contribution in [0, 0.1) is 50.7 Å². The maximum atomic E-state index is 14.1. The standard InChI is InChI=1S/C58H80O7/c1-41(14-13-19-43-15-7-5-8-16-43)22-32-56(62)35-34-52(3)38-48(65-42(2)59)51-53(4,29-26-49(60)58(51,56)57(52,63)33-23-45-36-50(61)64-39-45)46-24-30-54(31-25-46)37-47(55(40-54)27-11-12-28-55)21-20-44-17-9-6-10-18-44/h5-10,15-18,34-36,41,46-49,51,60,62-63H,11-14,19-33,37-40H2,1-4H3/t41-,46?,47-,48-,49-,51+,52+,53+,54?,56+,57-,58+/m1/s1. The van der Waals surface area contributed by atoms with E-state index in [0.717, 1.165) is 62.9 Å². The van der Waals surface area contributed by atoms with Crippen LogP contribution in [0.3, 0.4) is 0 Å². The third-order valence-electron chi connectivity index (χ3n) is 20.1. The number of benzene rings is 2. The molecule has 5 saturated carbocycles. The molecule has 0 saturated heterocycles. The first-order valence-electron chi connectivity index (χ1n) is 26.0. The zero-order valence-corrected chi connectivity index (χ0v) is 40.2. The van der Waals surface area contributed by atoms with E-state index in [9.17, 15) is 24.9 Å². The van der Waals surface area contributed by atoms with Crippen LogP contribution in [0.25, 0.3) is 0 Å². The van der Waals surface area contributed by atoms with E-state index in [1.165, 1.54) is 75.8 Å². The molecule has 0 unspecified atom stereocenters. The number of hydrogen-bond acceptors (Lipinski definition) is 7. The maximum Gasteiger partial charge on any atom is 0.331 e. The zero-order valence-electron chi connectivity index (χ0n) is 40.2. The van der Waals surface area contributed by atoms with Crippen LogP contribution in [0.15, 0.2) is 84.5 Å². The van der Waals surface area contributed by atoms with E-state index in [2.05, 4.69) is 74.5 Å². The molecule has 2 aromatic carbocycles. The summed E-state index contributed by atoms with van der Waals surface area (Å²) in [5.41, 5.74) is -1.57. The SMILES string of the molecule is CC(=O)O[C@@H]1C[C@]2(C)C=C[C@@](O)(CC[C@H](C)CCCc3ccccc3)[C@@]3([C@H](O)CC[C@@](C)(C4CCC5(CC4)C[C@@H](CCc4ccccc4)C4(CCCC4)C5)[C@H]13)[C@@]2(O)CCC1=CC(=O)OC1. The number of carbonyl (C=O) groups is 2. The summed E-state index contributed by atoms with van der Waals surface area (Å²) in [6.07, 6.45) is 25.4. The van der Waals surface area contributed by atoms with Gasteiger partial charge in [-0.25, -0.2) is 4.79 Å². The predicted octanol–water partition coefficient (Wildman–Crippen LogP) is 11.6. The Hall–Kier alpha value is -3.26. The predicted molar refractivity (Wildman–Crippen MR) is 255 cm³/mol. The number of aryl methyl sites for hydroxylation is 2. The molecule has 5 fully saturated rings. The molecule has 10 atom stereocenters. The first-order valence-corrected chi connectivity index (χ1v) is 26.0. The van der Waals surface area contributed by atoms with Crippen molar-refractivity contribution in [3.8, 4) is 0 Å². The molecule has 7 nitrogen and oxygen atoms in total. The summed E-state index contributed by atoms with van der Waals surface area (Å²) in [5, 5.41) is 41.1. The summed E-state index contributed by atoms with van der Waals surface area (Å²) in [7, 11) is 0. The van der Waals surface area contributed by atoms with Gasteiger partial charge in [-0.3, -0.25) is 4.79 Å². The molecule has 354 valence electrons. The van der Waals surface area contributed by atoms with E-state index >= 15 is 0 Å². The van der Waals surface area contributed by atoms with Gasteiger partial charge in [-0.15, -0.1) is 0 Å². The minimum absolute atomic E-state index is 0.192. The molecule has 6 aliphatic carbocycles. The Morgan fingerprint density at radius 3 is 2.15 bits per heavy atom. The molecule has 0 aromatic heterocycles. The second-order valence-corrected chi connectivity index (χ2v) is 23.7. The summed E-state index contributed by atoms with van der Waals surface area (Å²) < 4.78 is 11.9. The Bertz CT molecular complexity index is 2060. The summed E-state index contributed by atoms with van der Waals surface area (Å²) in [4.78, 5) is 25.6. The van der Waals surface area contributed by atoms with Gasteiger partial charge in [-0.1, -0.05) is 113 Å². The van der Waals surface area contributed by atoms with Crippen molar-refractivity contribution in [3.05, 3.63) is 95.6 Å². The van der Waals surface area contributed by atoms with Gasteiger partial charge in [0, 0.05) is 24.3 Å². The molecule has 7 aliphatic rings. The number of aliphatic hydroxyl groups excluding tert-OH is 1. The van der Waals surface area contributed by atoms with Crippen molar-refractivity contribution in [3.63, 3.8) is 0 Å². The first-order chi connectivity index (χ1) is 31.1. The van der Waals surface area contributed by atoms with E-state index in [0.29, 0.717) is 42.4 Å². The molecule has 2 aromatic rings. The fraction of sp³-hybridized carbons (Fsp3) is 0.690. The van der Waals surface area contributed by atoms with Crippen molar-refractivity contribution in [1.29, 1.82) is 0 Å². The van der Waals surface area contributed by atoms with Crippen molar-refractivity contribution in [2.45, 2.75) is 192 Å². The number of rotatable bonds is 15. The van der Waals surface area contributed by atoms with Gasteiger partial charge in [-0.05, 0) is 173 Å². The van der Waals surface area contributed by atoms with Crippen molar-refractivity contribution >= 4 is 11.9 Å². The third kappa shape index (κ3) is 8.21. The highest BCUT2D eigenvalue weighted by Gasteiger charge is 2.81. The number of esters is 2. The van der Waals surface area contributed by atoms with Gasteiger partial charge < -0.3 is 24.8 Å². The fourth-order valence-electron chi connectivity index (χ4n) is 17.0. The molecule has 0 radical (unpaired) electrons. The normalized spacial score (nSPS) is 39.8. The summed E-state index contributed by atoms with van der Waals surface area (Å²) in [6.45, 7) is 8.38. The van der Waals surface area contributed by atoms with E-state index in [-0.39, 0.29) is 30.9 Å². The van der Waals surface area contributed by atoms with Gasteiger partial charge >= 0.3 is 11.9 Å². The van der Waals surface area contributed by atoms with Crippen LogP contribution in [0.5, 0.6) is 0 Å². The Balaban J connectivity index is 1.04. The molecule has 2 bridgehead atoms. The first kappa shape index (κ1) is 46.8. The second-order valence-electron chi connectivity index (χ2n) is 23.7. The topological polar surface area (TPSA) is 113 Å². The van der Waals surface area contributed by atoms with Crippen LogP contribution >= 0.6 is 0 Å². The molecular weight excluding hydrogens is 809 g/mol. The molecule has 3 N–H and O–H groups in total. The molecule has 0 amide bonds. The molecule has 1 aliphatic heterocycles. The number of aliphatic hydroxyl groups is 3. The van der Waals surface area contributed by atoms with Gasteiger partial charge in [0.25, 0.3) is 0 Å². The van der Waals surface area contributed by atoms with E-state index in [4.69, 9.17) is 9.47 Å². The highest BCUT2D eigenvalue weighted by atomic mass is 16.5. The van der Waals surface area contributed by atoms with Crippen molar-refractivity contribution in [2.75, 3.05) is 6.61 Å². The van der Waals surface area contributed by atoms with Gasteiger partial charge in [-0.2, -0.15) is 0 Å². The number of hydrogen-bond donors (Lipinski definition) is 3. The highest BCUT2D eigenvalue weighted by molar-refractivity contribution is 5.85. The lowest BCUT2D eigenvalue weighted by Crippen LogP contribution is -2.83. The van der Waals surface area contributed by atoms with Crippen LogP contribution in [0.4, 0.5) is 0 Å². The quantitative estimate of drug-likeness (QED) is 0.121. The van der Waals surface area contributed by atoms with E-state index in [1.54, 1.807) is 6.08 Å². The fourth-order valence-corrected chi connectivity index (χ4v) is 17.0. The van der Waals surface area contributed by atoms with Gasteiger partial charge in [0.1, 0.15) is 12.7 Å². The number of ether oxygens (including phenoxy) is 2. The van der Waals surface area contributed by atoms with Crippen molar-refractivity contribution in [1.82, 2.24) is 0 Å². The molecular formula is C58H80O7. The highest BCUT2D eigenvalue weighted by Crippen LogP contribution is 2.76. The Morgan fingerprint density at radius 2 is 1.51 bits per heavy atom. The third-order valence-corrected chi connectivity index (χ3v) is 20.1. The smallest absolute Gasteiger partial charge is 0.331 e. The molecule has 9 rings (SSSR count). The van der Waals surface area contributed by atoms with Gasteiger partial charge in [0.2, 0.25) is 0 Å². The average Bonchev–Trinajstić information content (AvgIpc) is 4.02. The van der Waals surface area contributed by atoms with Crippen molar-refractivity contribution in [2.24, 2.45) is 50.7 Å². The minimum atomic E-state index is -1.59. The minimum Gasteiger partial charge on any atom is -0.462 e. The van der Waals surface area contributed by atoms with Crippen LogP contribution in [0.1, 0.15) is 167 Å². The lowest BCUT2D eigenvalue weighted by atomic mass is 9.31. The lowest BCUT2D eigenvalue weighted by molar-refractivity contribution is -0.362. The van der Waals surface area contributed by atoms with Crippen LogP contribution in [-0.4, -0.2) is 57.3 Å². The largest absolute Gasteiger partial charge is 0.462 e. The number of cyclic esters (lactones) is 1. The number of carbonyl (C=O) groups excluding carboxylic acids is 2. The Kier molecular flexibility index (Phi) is 13.0. The van der Waals surface area contributed by atoms with Crippen LogP contribution < -0.4 is 0 Å². The number of fused-ring (bicyclic) bond motifs is 1. The molecule has 3 spiro atoms. The monoisotopic (exact) mass is 889 g/mol. The lowest BCUT2D eigenvalue weighted by Gasteiger charge is -2.76. The Labute approximate surface area is 390 Å². The molecule has 65 heavy (non-hydrogen) atoms.